The van der Waals surface area contributed by atoms with Crippen LogP contribution in [-0.2, 0) is 0 Å². The van der Waals surface area contributed by atoms with Crippen LogP contribution in [0, 0.1) is 0 Å². The number of oxime groups is 1. The first-order chi connectivity index (χ1) is 7.90. The first kappa shape index (κ1) is 9.60. The Morgan fingerprint density at radius 3 is 2.75 bits per heavy atom. The lowest BCUT2D eigenvalue weighted by molar-refractivity contribution is 0.318. The van der Waals surface area contributed by atoms with Crippen molar-refractivity contribution >= 4 is 17.0 Å². The SMILES string of the molecule is ON=C1C[C@@H](c2ccccc2)c2ccsc21. The minimum atomic E-state index is 0.355. The second-order valence-electron chi connectivity index (χ2n) is 3.92. The molecular weight excluding hydrogens is 218 g/mol. The predicted molar refractivity (Wildman–Crippen MR) is 65.5 cm³/mol. The summed E-state index contributed by atoms with van der Waals surface area (Å²) in [6.07, 6.45) is 0.808. The average Bonchev–Trinajstić information content (AvgIpc) is 2.91. The summed E-state index contributed by atoms with van der Waals surface area (Å²) in [6, 6.07) is 12.5. The van der Waals surface area contributed by atoms with E-state index >= 15 is 0 Å². The largest absolute Gasteiger partial charge is 0.411 e. The molecule has 2 nitrogen and oxygen atoms in total. The standard InChI is InChI=1S/C13H11NOS/c15-14-12-8-11(9-4-2-1-3-5-9)10-6-7-16-13(10)12/h1-7,11,15H,8H2/t11-/m0/s1. The molecule has 1 N–H and O–H groups in total. The summed E-state index contributed by atoms with van der Waals surface area (Å²) < 4.78 is 0. The Balaban J connectivity index is 2.08. The molecule has 0 fully saturated rings. The molecule has 1 aromatic heterocycles. The lowest BCUT2D eigenvalue weighted by Gasteiger charge is -2.09. The average molecular weight is 229 g/mol. The predicted octanol–water partition coefficient (Wildman–Crippen LogP) is 3.46. The number of nitrogens with zero attached hydrogens (tertiary/aromatic N) is 1. The Hall–Kier alpha value is -1.61. The van der Waals surface area contributed by atoms with Crippen LogP contribution in [0.2, 0.25) is 0 Å². The van der Waals surface area contributed by atoms with Gasteiger partial charge in [0.05, 0.1) is 10.6 Å². The third-order valence-corrected chi connectivity index (χ3v) is 4.03. The lowest BCUT2D eigenvalue weighted by Crippen LogP contribution is -1.97. The van der Waals surface area contributed by atoms with Crippen molar-refractivity contribution in [3.8, 4) is 0 Å². The zero-order chi connectivity index (χ0) is 11.0. The molecule has 1 aliphatic carbocycles. The fourth-order valence-corrected chi connectivity index (χ4v) is 3.25. The van der Waals surface area contributed by atoms with Gasteiger partial charge in [0.25, 0.3) is 0 Å². The molecule has 0 radical (unpaired) electrons. The number of thiophene rings is 1. The molecular formula is C13H11NOS. The van der Waals surface area contributed by atoms with Crippen LogP contribution in [0.3, 0.4) is 0 Å². The Labute approximate surface area is 97.9 Å². The van der Waals surface area contributed by atoms with Gasteiger partial charge in [0.15, 0.2) is 0 Å². The number of hydrogen-bond acceptors (Lipinski definition) is 3. The molecule has 2 aromatic rings. The summed E-state index contributed by atoms with van der Waals surface area (Å²) in [6.45, 7) is 0. The van der Waals surface area contributed by atoms with E-state index in [0.717, 1.165) is 17.0 Å². The van der Waals surface area contributed by atoms with Crippen LogP contribution in [0.15, 0.2) is 46.9 Å². The van der Waals surface area contributed by atoms with Crippen LogP contribution in [0.25, 0.3) is 0 Å². The summed E-state index contributed by atoms with van der Waals surface area (Å²) in [4.78, 5) is 1.14. The van der Waals surface area contributed by atoms with E-state index in [-0.39, 0.29) is 0 Å². The number of benzene rings is 1. The zero-order valence-electron chi connectivity index (χ0n) is 8.63. The van der Waals surface area contributed by atoms with Crippen molar-refractivity contribution in [2.45, 2.75) is 12.3 Å². The molecule has 16 heavy (non-hydrogen) atoms. The highest BCUT2D eigenvalue weighted by Crippen LogP contribution is 2.40. The second kappa shape index (κ2) is 3.76. The summed E-state index contributed by atoms with van der Waals surface area (Å²) in [5, 5.41) is 14.5. The molecule has 1 heterocycles. The molecule has 1 aromatic carbocycles. The summed E-state index contributed by atoms with van der Waals surface area (Å²) in [5.74, 6) is 0.355. The van der Waals surface area contributed by atoms with Crippen molar-refractivity contribution < 1.29 is 5.21 Å². The van der Waals surface area contributed by atoms with Crippen molar-refractivity contribution in [3.63, 3.8) is 0 Å². The molecule has 1 atom stereocenters. The Morgan fingerprint density at radius 2 is 2.00 bits per heavy atom. The zero-order valence-corrected chi connectivity index (χ0v) is 9.45. The molecule has 0 saturated heterocycles. The lowest BCUT2D eigenvalue weighted by atomic mass is 9.94. The number of hydrogen-bond donors (Lipinski definition) is 1. The van der Waals surface area contributed by atoms with E-state index in [1.807, 2.05) is 6.07 Å². The molecule has 3 rings (SSSR count). The highest BCUT2D eigenvalue weighted by Gasteiger charge is 2.30. The van der Waals surface area contributed by atoms with Crippen LogP contribution in [0.4, 0.5) is 0 Å². The smallest absolute Gasteiger partial charge is 0.0979 e. The van der Waals surface area contributed by atoms with Gasteiger partial charge in [-0.15, -0.1) is 11.3 Å². The van der Waals surface area contributed by atoms with E-state index in [9.17, 15) is 0 Å². The van der Waals surface area contributed by atoms with Crippen LogP contribution in [-0.4, -0.2) is 10.9 Å². The summed E-state index contributed by atoms with van der Waals surface area (Å²) in [7, 11) is 0. The summed E-state index contributed by atoms with van der Waals surface area (Å²) >= 11 is 1.65. The van der Waals surface area contributed by atoms with Crippen LogP contribution < -0.4 is 0 Å². The van der Waals surface area contributed by atoms with Gasteiger partial charge in [-0.2, -0.15) is 0 Å². The number of rotatable bonds is 1. The van der Waals surface area contributed by atoms with Crippen LogP contribution in [0.5, 0.6) is 0 Å². The highest BCUT2D eigenvalue weighted by molar-refractivity contribution is 7.12. The van der Waals surface area contributed by atoms with Crippen LogP contribution in [0.1, 0.15) is 28.3 Å². The molecule has 3 heteroatoms. The fraction of sp³-hybridized carbons (Fsp3) is 0.154. The van der Waals surface area contributed by atoms with Crippen molar-refractivity contribution in [1.29, 1.82) is 0 Å². The first-order valence-corrected chi connectivity index (χ1v) is 6.11. The van der Waals surface area contributed by atoms with Crippen LogP contribution >= 0.6 is 11.3 Å². The van der Waals surface area contributed by atoms with Gasteiger partial charge in [0.2, 0.25) is 0 Å². The van der Waals surface area contributed by atoms with E-state index < -0.39 is 0 Å². The van der Waals surface area contributed by atoms with E-state index in [1.165, 1.54) is 11.1 Å². The second-order valence-corrected chi connectivity index (χ2v) is 4.84. The topological polar surface area (TPSA) is 32.6 Å². The van der Waals surface area contributed by atoms with Gasteiger partial charge in [0.1, 0.15) is 0 Å². The molecule has 0 unspecified atom stereocenters. The maximum atomic E-state index is 8.99. The number of fused-ring (bicyclic) bond motifs is 1. The van der Waals surface area contributed by atoms with Crippen molar-refractivity contribution in [2.75, 3.05) is 0 Å². The van der Waals surface area contributed by atoms with Gasteiger partial charge in [-0.1, -0.05) is 35.5 Å². The fourth-order valence-electron chi connectivity index (χ4n) is 2.29. The van der Waals surface area contributed by atoms with Gasteiger partial charge in [-0.05, 0) is 22.6 Å². The van der Waals surface area contributed by atoms with E-state index in [0.29, 0.717) is 5.92 Å². The summed E-state index contributed by atoms with van der Waals surface area (Å²) in [5.41, 5.74) is 3.41. The molecule has 0 saturated carbocycles. The molecule has 0 spiro atoms. The molecule has 1 aliphatic rings. The third-order valence-electron chi connectivity index (χ3n) is 3.05. The van der Waals surface area contributed by atoms with E-state index in [4.69, 9.17) is 5.21 Å². The first-order valence-electron chi connectivity index (χ1n) is 5.24. The van der Waals surface area contributed by atoms with Crippen molar-refractivity contribution in [2.24, 2.45) is 5.16 Å². The molecule has 0 bridgehead atoms. The van der Waals surface area contributed by atoms with E-state index in [2.05, 4.69) is 40.9 Å². The van der Waals surface area contributed by atoms with Crippen molar-refractivity contribution in [1.82, 2.24) is 0 Å². The minimum Gasteiger partial charge on any atom is -0.411 e. The van der Waals surface area contributed by atoms with Gasteiger partial charge < -0.3 is 5.21 Å². The quantitative estimate of drug-likeness (QED) is 0.589. The van der Waals surface area contributed by atoms with Gasteiger partial charge in [-0.3, -0.25) is 0 Å². The Morgan fingerprint density at radius 1 is 1.19 bits per heavy atom. The Bertz CT molecular complexity index is 530. The third kappa shape index (κ3) is 1.36. The van der Waals surface area contributed by atoms with E-state index in [1.54, 1.807) is 11.3 Å². The maximum Gasteiger partial charge on any atom is 0.0979 e. The van der Waals surface area contributed by atoms with Crippen molar-refractivity contribution in [3.05, 3.63) is 57.8 Å². The monoisotopic (exact) mass is 229 g/mol. The highest BCUT2D eigenvalue weighted by atomic mass is 32.1. The molecule has 0 aliphatic heterocycles. The molecule has 0 amide bonds. The minimum absolute atomic E-state index is 0.355. The van der Waals surface area contributed by atoms with Gasteiger partial charge >= 0.3 is 0 Å². The van der Waals surface area contributed by atoms with Gasteiger partial charge in [0, 0.05) is 12.3 Å². The normalized spacial score (nSPS) is 21.2. The maximum absolute atomic E-state index is 8.99. The van der Waals surface area contributed by atoms with Gasteiger partial charge in [-0.25, -0.2) is 0 Å². The Kier molecular flexibility index (Phi) is 2.26. The molecule has 80 valence electrons.